The van der Waals surface area contributed by atoms with Crippen molar-refractivity contribution in [3.63, 3.8) is 0 Å². The van der Waals surface area contributed by atoms with Crippen molar-refractivity contribution in [1.82, 2.24) is 10.3 Å². The van der Waals surface area contributed by atoms with Gasteiger partial charge in [-0.1, -0.05) is 30.7 Å². The third kappa shape index (κ3) is 18.3. The van der Waals surface area contributed by atoms with Crippen LogP contribution in [0.15, 0.2) is 29.4 Å². The van der Waals surface area contributed by atoms with Crippen LogP contribution in [0.5, 0.6) is 0 Å². The molecule has 0 unspecified atom stereocenters. The van der Waals surface area contributed by atoms with Crippen molar-refractivity contribution in [2.45, 2.75) is 70.9 Å². The van der Waals surface area contributed by atoms with E-state index in [-0.39, 0.29) is 23.5 Å². The van der Waals surface area contributed by atoms with Gasteiger partial charge in [-0.15, -0.1) is 0 Å². The van der Waals surface area contributed by atoms with Crippen molar-refractivity contribution in [3.05, 3.63) is 24.4 Å². The third-order valence-electron chi connectivity index (χ3n) is 3.48. The zero-order chi connectivity index (χ0) is 20.7. The van der Waals surface area contributed by atoms with E-state index in [1.54, 1.807) is 34.7 Å². The highest BCUT2D eigenvalue weighted by atomic mass is 33.1. The summed E-state index contributed by atoms with van der Waals surface area (Å²) >= 11 is 0. The molecule has 162 valence electrons. The molecule has 1 aromatic heterocycles. The van der Waals surface area contributed by atoms with E-state index in [0.717, 1.165) is 23.6 Å². The largest absolute Gasteiger partial charge is 0.412 e. The Bertz CT molecular complexity index is 540. The molecule has 0 aliphatic rings. The van der Waals surface area contributed by atoms with E-state index in [1.807, 2.05) is 32.0 Å². The number of amides is 1. The van der Waals surface area contributed by atoms with Crippen LogP contribution in [-0.2, 0) is 9.59 Å². The van der Waals surface area contributed by atoms with Crippen molar-refractivity contribution in [2.24, 2.45) is 5.92 Å². The molecule has 0 saturated heterocycles. The quantitative estimate of drug-likeness (QED) is 0.408. The number of ketones is 1. The first-order valence-electron chi connectivity index (χ1n) is 9.28. The number of Topliss-reactive ketones (excluding diaryl/α,β-unsaturated/α-hetero) is 1. The zero-order valence-corrected chi connectivity index (χ0v) is 19.3. The lowest BCUT2D eigenvalue weighted by molar-refractivity contribution is -0.122. The highest BCUT2D eigenvalue weighted by Gasteiger charge is 2.19. The number of carbonyl (C=O) groups is 2. The smallest absolute Gasteiger partial charge is 0.221 e. The fourth-order valence-electron chi connectivity index (χ4n) is 1.91. The van der Waals surface area contributed by atoms with Gasteiger partial charge in [-0.3, -0.25) is 4.79 Å². The normalized spacial score (nSPS) is 10.5. The summed E-state index contributed by atoms with van der Waals surface area (Å²) in [6, 6.07) is 5.77. The Hall–Kier alpha value is -1.09. The molecule has 1 heterocycles. The topological polar surface area (TPSA) is 111 Å². The average Bonchev–Trinajstić information content (AvgIpc) is 2.58. The van der Waals surface area contributed by atoms with E-state index in [2.05, 4.69) is 24.1 Å². The molecule has 0 bridgehead atoms. The minimum atomic E-state index is -0.343. The molecular weight excluding hydrogens is 396 g/mol. The Morgan fingerprint density at radius 2 is 1.93 bits per heavy atom. The van der Waals surface area contributed by atoms with Crippen LogP contribution in [0.2, 0.25) is 0 Å². The van der Waals surface area contributed by atoms with E-state index < -0.39 is 0 Å². The molecule has 0 aliphatic carbocycles. The van der Waals surface area contributed by atoms with Gasteiger partial charge in [0, 0.05) is 36.9 Å². The molecule has 1 rings (SSSR count). The minimum absolute atomic E-state index is 0. The van der Waals surface area contributed by atoms with Gasteiger partial charge >= 0.3 is 0 Å². The Morgan fingerprint density at radius 3 is 2.39 bits per heavy atom. The molecule has 28 heavy (non-hydrogen) atoms. The second-order valence-corrected chi connectivity index (χ2v) is 9.80. The van der Waals surface area contributed by atoms with Crippen LogP contribution in [0.3, 0.4) is 0 Å². The first-order chi connectivity index (χ1) is 12.7. The second kappa shape index (κ2) is 16.8. The SMILES string of the molecule is CC(=O)CCC(C)C.CC(C)(CCO)NC(=O)CCSSc1ccccn1.O. The first kappa shape index (κ1) is 29.1. The molecule has 0 radical (unpaired) electrons. The number of nitrogens with one attached hydrogen (secondary N) is 1. The van der Waals surface area contributed by atoms with Crippen molar-refractivity contribution >= 4 is 33.3 Å². The third-order valence-corrected chi connectivity index (χ3v) is 5.75. The zero-order valence-electron chi connectivity index (χ0n) is 17.7. The van der Waals surface area contributed by atoms with E-state index in [4.69, 9.17) is 5.11 Å². The minimum Gasteiger partial charge on any atom is -0.412 e. The number of nitrogens with zero attached hydrogens (tertiary/aromatic N) is 1. The lowest BCUT2D eigenvalue weighted by Gasteiger charge is -2.25. The number of carbonyl (C=O) groups excluding carboxylic acids is 2. The van der Waals surface area contributed by atoms with Crippen LogP contribution in [0.1, 0.15) is 60.3 Å². The maximum Gasteiger partial charge on any atom is 0.221 e. The number of aromatic nitrogens is 1. The number of pyridine rings is 1. The van der Waals surface area contributed by atoms with Gasteiger partial charge in [-0.2, -0.15) is 0 Å². The highest BCUT2D eigenvalue weighted by molar-refractivity contribution is 8.76. The first-order valence-corrected chi connectivity index (χ1v) is 11.6. The second-order valence-electron chi connectivity index (χ2n) is 7.36. The number of aliphatic hydroxyl groups is 1. The summed E-state index contributed by atoms with van der Waals surface area (Å²) in [5, 5.41) is 12.8. The van der Waals surface area contributed by atoms with Crippen LogP contribution in [0.4, 0.5) is 0 Å². The van der Waals surface area contributed by atoms with Crippen molar-refractivity contribution in [1.29, 1.82) is 0 Å². The molecule has 0 atom stereocenters. The Kier molecular flexibility index (Phi) is 17.5. The van der Waals surface area contributed by atoms with Crippen LogP contribution in [0, 0.1) is 5.92 Å². The number of aliphatic hydroxyl groups excluding tert-OH is 1. The number of hydrogen-bond donors (Lipinski definition) is 2. The predicted octanol–water partition coefficient (Wildman–Crippen LogP) is 3.68. The van der Waals surface area contributed by atoms with Gasteiger partial charge in [0.1, 0.15) is 10.8 Å². The average molecular weight is 433 g/mol. The van der Waals surface area contributed by atoms with Gasteiger partial charge in [-0.05, 0) is 62.5 Å². The Balaban J connectivity index is 0. The maximum absolute atomic E-state index is 11.7. The van der Waals surface area contributed by atoms with Gasteiger partial charge in [0.25, 0.3) is 0 Å². The van der Waals surface area contributed by atoms with Crippen molar-refractivity contribution in [3.8, 4) is 0 Å². The molecule has 1 amide bonds. The van der Waals surface area contributed by atoms with E-state index in [1.165, 1.54) is 0 Å². The van der Waals surface area contributed by atoms with Crippen LogP contribution in [-0.4, -0.2) is 45.2 Å². The summed E-state index contributed by atoms with van der Waals surface area (Å²) in [6.45, 7) is 9.81. The molecule has 4 N–H and O–H groups in total. The monoisotopic (exact) mass is 432 g/mol. The van der Waals surface area contributed by atoms with Crippen LogP contribution < -0.4 is 5.32 Å². The summed E-state index contributed by atoms with van der Waals surface area (Å²) in [7, 11) is 3.19. The van der Waals surface area contributed by atoms with E-state index in [0.29, 0.717) is 24.5 Å². The summed E-state index contributed by atoms with van der Waals surface area (Å²) in [4.78, 5) is 26.3. The summed E-state index contributed by atoms with van der Waals surface area (Å²) in [5.74, 6) is 1.73. The van der Waals surface area contributed by atoms with Gasteiger partial charge < -0.3 is 20.7 Å². The molecule has 0 spiro atoms. The summed E-state index contributed by atoms with van der Waals surface area (Å²) < 4.78 is 0. The van der Waals surface area contributed by atoms with Crippen LogP contribution in [0.25, 0.3) is 0 Å². The molecule has 6 nitrogen and oxygen atoms in total. The van der Waals surface area contributed by atoms with Gasteiger partial charge in [0.2, 0.25) is 5.91 Å². The maximum atomic E-state index is 11.7. The molecule has 1 aromatic rings. The molecule has 0 aromatic carbocycles. The van der Waals surface area contributed by atoms with Crippen LogP contribution >= 0.6 is 21.6 Å². The fraction of sp³-hybridized carbons (Fsp3) is 0.650. The molecule has 0 aliphatic heterocycles. The summed E-state index contributed by atoms with van der Waals surface area (Å²) in [6.07, 6.45) is 4.58. The highest BCUT2D eigenvalue weighted by Crippen LogP contribution is 2.29. The van der Waals surface area contributed by atoms with Gasteiger partial charge in [0.15, 0.2) is 0 Å². The molecule has 0 saturated carbocycles. The molecule has 8 heteroatoms. The van der Waals surface area contributed by atoms with Crippen molar-refractivity contribution < 1.29 is 20.2 Å². The Morgan fingerprint density at radius 1 is 1.25 bits per heavy atom. The van der Waals surface area contributed by atoms with Gasteiger partial charge in [0.05, 0.1) is 0 Å². The van der Waals surface area contributed by atoms with E-state index >= 15 is 0 Å². The number of rotatable bonds is 11. The Labute approximate surface area is 177 Å². The predicted molar refractivity (Wildman–Crippen MR) is 119 cm³/mol. The molecule has 0 fully saturated rings. The fourth-order valence-corrected chi connectivity index (χ4v) is 3.78. The lowest BCUT2D eigenvalue weighted by Crippen LogP contribution is -2.44. The van der Waals surface area contributed by atoms with E-state index in [9.17, 15) is 9.59 Å². The lowest BCUT2D eigenvalue weighted by atomic mass is 10.0. The van der Waals surface area contributed by atoms with Crippen molar-refractivity contribution in [2.75, 3.05) is 12.4 Å². The number of hydrogen-bond acceptors (Lipinski definition) is 6. The van der Waals surface area contributed by atoms with Gasteiger partial charge in [-0.25, -0.2) is 4.98 Å². The summed E-state index contributed by atoms with van der Waals surface area (Å²) in [5.41, 5.74) is -0.343. The standard InChI is InChI=1S/C13H20N2O2S2.C7H14O.H2O/c1-13(2,7-9-16)15-11(17)6-10-18-19-12-5-3-4-8-14-12;1-6(2)4-5-7(3)8;/h3-5,8,16H,6-7,9-10H2,1-2H3,(H,15,17);6H,4-5H2,1-3H3;1H2. The molecular formula is C20H36N2O4S2.